The van der Waals surface area contributed by atoms with Gasteiger partial charge in [-0.1, -0.05) is 12.1 Å². The van der Waals surface area contributed by atoms with Gasteiger partial charge >= 0.3 is 11.9 Å². The van der Waals surface area contributed by atoms with Gasteiger partial charge in [-0.15, -0.1) is 0 Å². The number of ether oxygens (including phenoxy) is 2. The molecule has 0 aromatic heterocycles. The van der Waals surface area contributed by atoms with Crippen LogP contribution in [0.4, 0.5) is 5.69 Å². The molecule has 1 aromatic carbocycles. The van der Waals surface area contributed by atoms with Gasteiger partial charge in [0.25, 0.3) is 5.69 Å². The molecule has 34 heavy (non-hydrogen) atoms. The molecule has 0 spiro atoms. The highest BCUT2D eigenvalue weighted by Crippen LogP contribution is 2.40. The van der Waals surface area contributed by atoms with Crippen molar-refractivity contribution in [1.29, 1.82) is 5.26 Å². The number of allylic oxidation sites excluding steroid dienone is 2. The van der Waals surface area contributed by atoms with Gasteiger partial charge in [0, 0.05) is 35.7 Å². The van der Waals surface area contributed by atoms with E-state index >= 15 is 0 Å². The lowest BCUT2D eigenvalue weighted by molar-refractivity contribution is -0.384. The average Bonchev–Trinajstić information content (AvgIpc) is 2.77. The summed E-state index contributed by atoms with van der Waals surface area (Å²) in [5.41, 5.74) is 1.69. The monoisotopic (exact) mass is 487 g/mol. The Bertz CT molecular complexity index is 1040. The number of nitriles is 1. The number of esters is 2. The maximum Gasteiger partial charge on any atom is 0.337 e. The fraction of sp³-hybridized carbons (Fsp3) is 0.458. The zero-order valence-corrected chi connectivity index (χ0v) is 20.6. The van der Waals surface area contributed by atoms with Crippen molar-refractivity contribution >= 4 is 29.4 Å². The van der Waals surface area contributed by atoms with E-state index in [1.165, 1.54) is 18.2 Å². The Labute approximate surface area is 203 Å². The number of carbonyl (C=O) groups is 2. The van der Waals surface area contributed by atoms with Crippen molar-refractivity contribution in [2.45, 2.75) is 52.6 Å². The fourth-order valence-electron chi connectivity index (χ4n) is 3.59. The average molecular weight is 488 g/mol. The molecule has 1 aliphatic rings. The number of thioether (sulfide) groups is 1. The number of nitrogens with zero attached hydrogens (tertiary/aromatic N) is 2. The van der Waals surface area contributed by atoms with Crippen LogP contribution in [0.25, 0.3) is 0 Å². The van der Waals surface area contributed by atoms with E-state index in [2.05, 4.69) is 11.4 Å². The Hall–Kier alpha value is -3.32. The second kappa shape index (κ2) is 12.8. The van der Waals surface area contributed by atoms with Gasteiger partial charge in [0.05, 0.1) is 40.8 Å². The third kappa shape index (κ3) is 7.09. The van der Waals surface area contributed by atoms with Gasteiger partial charge in [-0.3, -0.25) is 10.1 Å². The number of nitrogens with one attached hydrogen (secondary N) is 1. The van der Waals surface area contributed by atoms with Crippen LogP contribution in [0.1, 0.15) is 52.0 Å². The molecule has 0 aliphatic carbocycles. The zero-order chi connectivity index (χ0) is 25.3. The van der Waals surface area contributed by atoms with Crippen LogP contribution < -0.4 is 5.32 Å². The number of nitro benzene ring substituents is 1. The Kier molecular flexibility index (Phi) is 10.1. The maximum atomic E-state index is 13.2. The molecule has 0 bridgehead atoms. The number of rotatable bonds is 11. The molecule has 182 valence electrons. The van der Waals surface area contributed by atoms with Crippen LogP contribution in [0.15, 0.2) is 46.8 Å². The SMILES string of the molecule is CC1=C(C(=O)OCCCSCCC#N)C(c2cccc([N+](=O)[O-])c2)C(C(=O)OC(C)C)=C(C)N1. The predicted octanol–water partition coefficient (Wildman–Crippen LogP) is 4.36. The Morgan fingerprint density at radius 1 is 1.21 bits per heavy atom. The molecule has 0 amide bonds. The van der Waals surface area contributed by atoms with Crippen molar-refractivity contribution in [3.63, 3.8) is 0 Å². The van der Waals surface area contributed by atoms with E-state index in [0.717, 1.165) is 11.5 Å². The molecule has 1 aromatic rings. The van der Waals surface area contributed by atoms with Crippen LogP contribution >= 0.6 is 11.8 Å². The van der Waals surface area contributed by atoms with Crippen LogP contribution in [-0.4, -0.2) is 41.1 Å². The summed E-state index contributed by atoms with van der Waals surface area (Å²) in [6, 6.07) is 7.96. The number of dihydropyridines is 1. The molecule has 1 heterocycles. The second-order valence-corrected chi connectivity index (χ2v) is 9.18. The van der Waals surface area contributed by atoms with Crippen LogP contribution in [0, 0.1) is 21.4 Å². The molecule has 0 fully saturated rings. The van der Waals surface area contributed by atoms with Gasteiger partial charge in [0.15, 0.2) is 0 Å². The van der Waals surface area contributed by atoms with E-state index in [1.54, 1.807) is 45.5 Å². The summed E-state index contributed by atoms with van der Waals surface area (Å²) >= 11 is 1.61. The summed E-state index contributed by atoms with van der Waals surface area (Å²) in [7, 11) is 0. The van der Waals surface area contributed by atoms with E-state index in [4.69, 9.17) is 14.7 Å². The molecular weight excluding hydrogens is 458 g/mol. The van der Waals surface area contributed by atoms with Gasteiger partial charge in [0.2, 0.25) is 0 Å². The highest BCUT2D eigenvalue weighted by molar-refractivity contribution is 7.99. The van der Waals surface area contributed by atoms with E-state index in [-0.39, 0.29) is 29.5 Å². The smallest absolute Gasteiger partial charge is 0.337 e. The molecule has 1 aliphatic heterocycles. The quantitative estimate of drug-likeness (QED) is 0.209. The molecule has 0 saturated carbocycles. The highest BCUT2D eigenvalue weighted by Gasteiger charge is 2.38. The number of non-ortho nitro benzene ring substituents is 1. The van der Waals surface area contributed by atoms with Crippen LogP contribution in [0.3, 0.4) is 0 Å². The molecule has 0 radical (unpaired) electrons. The molecular formula is C24H29N3O6S. The summed E-state index contributed by atoms with van der Waals surface area (Å²) in [6.07, 6.45) is 0.688. The predicted molar refractivity (Wildman–Crippen MR) is 129 cm³/mol. The molecule has 1 N–H and O–H groups in total. The van der Waals surface area contributed by atoms with Gasteiger partial charge in [-0.05, 0) is 45.4 Å². The number of benzene rings is 1. The number of hydrogen-bond donors (Lipinski definition) is 1. The minimum Gasteiger partial charge on any atom is -0.462 e. The minimum atomic E-state index is -0.884. The van der Waals surface area contributed by atoms with Gasteiger partial charge in [-0.2, -0.15) is 17.0 Å². The van der Waals surface area contributed by atoms with Crippen molar-refractivity contribution in [1.82, 2.24) is 5.32 Å². The molecule has 1 unspecified atom stereocenters. The van der Waals surface area contributed by atoms with Gasteiger partial charge < -0.3 is 14.8 Å². The van der Waals surface area contributed by atoms with E-state index in [1.807, 2.05) is 0 Å². The lowest BCUT2D eigenvalue weighted by Crippen LogP contribution is -2.33. The first-order valence-corrected chi connectivity index (χ1v) is 12.1. The van der Waals surface area contributed by atoms with Crippen LogP contribution in [0.5, 0.6) is 0 Å². The zero-order valence-electron chi connectivity index (χ0n) is 19.8. The van der Waals surface area contributed by atoms with E-state index in [9.17, 15) is 19.7 Å². The van der Waals surface area contributed by atoms with E-state index in [0.29, 0.717) is 29.8 Å². The summed E-state index contributed by atoms with van der Waals surface area (Å²) in [4.78, 5) is 37.0. The summed E-state index contributed by atoms with van der Waals surface area (Å²) in [5, 5.41) is 23.0. The number of nitro groups is 1. The fourth-order valence-corrected chi connectivity index (χ4v) is 4.35. The number of hydrogen-bond acceptors (Lipinski definition) is 9. The van der Waals surface area contributed by atoms with Crippen molar-refractivity contribution in [2.24, 2.45) is 0 Å². The van der Waals surface area contributed by atoms with Crippen LogP contribution in [-0.2, 0) is 19.1 Å². The Balaban J connectivity index is 2.37. The first kappa shape index (κ1) is 26.9. The topological polar surface area (TPSA) is 132 Å². The van der Waals surface area contributed by atoms with E-state index < -0.39 is 22.8 Å². The normalized spacial score (nSPS) is 15.6. The minimum absolute atomic E-state index is 0.148. The molecule has 10 heteroatoms. The first-order valence-electron chi connectivity index (χ1n) is 10.9. The lowest BCUT2D eigenvalue weighted by atomic mass is 9.80. The maximum absolute atomic E-state index is 13.2. The lowest BCUT2D eigenvalue weighted by Gasteiger charge is -2.30. The third-order valence-electron chi connectivity index (χ3n) is 4.98. The van der Waals surface area contributed by atoms with Crippen molar-refractivity contribution in [3.8, 4) is 6.07 Å². The highest BCUT2D eigenvalue weighted by atomic mass is 32.2. The Morgan fingerprint density at radius 2 is 1.88 bits per heavy atom. The first-order chi connectivity index (χ1) is 16.2. The molecule has 1 atom stereocenters. The summed E-state index contributed by atoms with van der Waals surface area (Å²) in [5.74, 6) is -0.636. The third-order valence-corrected chi connectivity index (χ3v) is 6.05. The Morgan fingerprint density at radius 3 is 2.50 bits per heavy atom. The number of carbonyl (C=O) groups excluding carboxylic acids is 2. The van der Waals surface area contributed by atoms with Crippen LogP contribution in [0.2, 0.25) is 0 Å². The second-order valence-electron chi connectivity index (χ2n) is 7.95. The standard InChI is InChI=1S/C24H29N3O6S/c1-15(2)33-24(29)21-17(4)26-16(3)20(23(28)32-11-7-13-34-12-6-10-25)22(21)18-8-5-9-19(14-18)27(30)31/h5,8-9,14-15,22,26H,6-7,11-13H2,1-4H3. The van der Waals surface area contributed by atoms with Gasteiger partial charge in [0.1, 0.15) is 0 Å². The van der Waals surface area contributed by atoms with Crippen molar-refractivity contribution in [2.75, 3.05) is 18.1 Å². The van der Waals surface area contributed by atoms with Crippen molar-refractivity contribution in [3.05, 3.63) is 62.5 Å². The molecule has 9 nitrogen and oxygen atoms in total. The summed E-state index contributed by atoms with van der Waals surface area (Å²) < 4.78 is 10.9. The molecule has 0 saturated heterocycles. The molecule has 2 rings (SSSR count). The van der Waals surface area contributed by atoms with Crippen molar-refractivity contribution < 1.29 is 24.0 Å². The largest absolute Gasteiger partial charge is 0.462 e. The van der Waals surface area contributed by atoms with Gasteiger partial charge in [-0.25, -0.2) is 9.59 Å². The summed E-state index contributed by atoms with van der Waals surface area (Å²) in [6.45, 7) is 7.01.